The molecule has 104 valence electrons. The largest absolute Gasteiger partial charge is 0.314 e. The van der Waals surface area contributed by atoms with Crippen LogP contribution in [0.1, 0.15) is 26.3 Å². The molecule has 1 N–H and O–H groups in total. The highest BCUT2D eigenvalue weighted by atomic mass is 35.5. The molecule has 3 nitrogen and oxygen atoms in total. The first-order chi connectivity index (χ1) is 8.97. The highest BCUT2D eigenvalue weighted by molar-refractivity contribution is 6.31. The zero-order valence-corrected chi connectivity index (χ0v) is 12.5. The molecule has 1 aromatic rings. The van der Waals surface area contributed by atoms with Gasteiger partial charge >= 0.3 is 0 Å². The van der Waals surface area contributed by atoms with E-state index in [0.717, 1.165) is 24.3 Å². The molecule has 0 bridgehead atoms. The van der Waals surface area contributed by atoms with Crippen molar-refractivity contribution >= 4 is 23.2 Å². The van der Waals surface area contributed by atoms with E-state index < -0.39 is 0 Å². The number of carbonyl (C=O) groups excluding carboxylic acids is 1. The van der Waals surface area contributed by atoms with Crippen molar-refractivity contribution in [3.8, 4) is 0 Å². The number of carbonyl (C=O) groups is 1. The number of amides is 1. The van der Waals surface area contributed by atoms with E-state index in [1.807, 2.05) is 23.1 Å². The van der Waals surface area contributed by atoms with Gasteiger partial charge in [-0.05, 0) is 30.2 Å². The zero-order valence-electron chi connectivity index (χ0n) is 11.7. The van der Waals surface area contributed by atoms with Crippen LogP contribution in [-0.4, -0.2) is 25.0 Å². The number of fused-ring (bicyclic) bond motifs is 1. The fourth-order valence-corrected chi connectivity index (χ4v) is 2.51. The second kappa shape index (κ2) is 5.93. The quantitative estimate of drug-likeness (QED) is 0.899. The van der Waals surface area contributed by atoms with Crippen molar-refractivity contribution in [1.29, 1.82) is 0 Å². The number of hydrogen-bond acceptors (Lipinski definition) is 2. The standard InChI is InChI=1S/C15H21ClN2O/c1-10(2)17-8-11(3)9-18-14-7-13(16)5-4-12(14)6-15(18)19/h4-5,7,10-11,17H,6,8-9H2,1-3H3. The highest BCUT2D eigenvalue weighted by Gasteiger charge is 2.28. The van der Waals surface area contributed by atoms with Crippen LogP contribution in [-0.2, 0) is 11.2 Å². The smallest absolute Gasteiger partial charge is 0.231 e. The highest BCUT2D eigenvalue weighted by Crippen LogP contribution is 2.31. The Morgan fingerprint density at radius 3 is 2.79 bits per heavy atom. The van der Waals surface area contributed by atoms with Crippen molar-refractivity contribution in [2.24, 2.45) is 5.92 Å². The van der Waals surface area contributed by atoms with Gasteiger partial charge in [0.05, 0.1) is 6.42 Å². The van der Waals surface area contributed by atoms with Gasteiger partial charge in [0.25, 0.3) is 0 Å². The summed E-state index contributed by atoms with van der Waals surface area (Å²) in [6.07, 6.45) is 0.497. The lowest BCUT2D eigenvalue weighted by molar-refractivity contribution is -0.117. The Morgan fingerprint density at radius 1 is 1.37 bits per heavy atom. The maximum atomic E-state index is 12.1. The van der Waals surface area contributed by atoms with Crippen LogP contribution in [0.4, 0.5) is 5.69 Å². The predicted octanol–water partition coefficient (Wildman–Crippen LogP) is 2.86. The molecule has 1 amide bonds. The maximum absolute atomic E-state index is 12.1. The van der Waals surface area contributed by atoms with Gasteiger partial charge < -0.3 is 10.2 Å². The van der Waals surface area contributed by atoms with E-state index in [1.165, 1.54) is 0 Å². The van der Waals surface area contributed by atoms with E-state index >= 15 is 0 Å². The molecule has 1 unspecified atom stereocenters. The van der Waals surface area contributed by atoms with Crippen molar-refractivity contribution in [2.75, 3.05) is 18.0 Å². The Balaban J connectivity index is 2.05. The lowest BCUT2D eigenvalue weighted by Gasteiger charge is -2.23. The lowest BCUT2D eigenvalue weighted by atomic mass is 10.1. The summed E-state index contributed by atoms with van der Waals surface area (Å²) in [6, 6.07) is 6.16. The van der Waals surface area contributed by atoms with E-state index in [4.69, 9.17) is 11.6 Å². The molecule has 0 radical (unpaired) electrons. The zero-order chi connectivity index (χ0) is 14.0. The van der Waals surface area contributed by atoms with E-state index in [1.54, 1.807) is 0 Å². The average molecular weight is 281 g/mol. The van der Waals surface area contributed by atoms with Gasteiger partial charge in [0, 0.05) is 23.3 Å². The molecule has 4 heteroatoms. The van der Waals surface area contributed by atoms with E-state index in [0.29, 0.717) is 23.4 Å². The van der Waals surface area contributed by atoms with Gasteiger partial charge in [-0.2, -0.15) is 0 Å². The fourth-order valence-electron chi connectivity index (χ4n) is 2.34. The van der Waals surface area contributed by atoms with Crippen molar-refractivity contribution in [2.45, 2.75) is 33.2 Å². The number of rotatable bonds is 5. The molecule has 0 aliphatic carbocycles. The molecule has 1 aliphatic rings. The van der Waals surface area contributed by atoms with Crippen LogP contribution >= 0.6 is 11.6 Å². The monoisotopic (exact) mass is 280 g/mol. The Bertz CT molecular complexity index is 473. The van der Waals surface area contributed by atoms with Crippen LogP contribution in [0, 0.1) is 5.92 Å². The molecule has 0 aromatic heterocycles. The van der Waals surface area contributed by atoms with Gasteiger partial charge in [-0.1, -0.05) is 38.4 Å². The van der Waals surface area contributed by atoms with Crippen molar-refractivity contribution < 1.29 is 4.79 Å². The fraction of sp³-hybridized carbons (Fsp3) is 0.533. The third-order valence-corrected chi connectivity index (χ3v) is 3.58. The summed E-state index contributed by atoms with van der Waals surface area (Å²) in [5.74, 6) is 0.588. The average Bonchev–Trinajstić information content (AvgIpc) is 2.63. The number of hydrogen-bond donors (Lipinski definition) is 1. The van der Waals surface area contributed by atoms with Gasteiger partial charge in [-0.3, -0.25) is 4.79 Å². The molecule has 1 aliphatic heterocycles. The molecule has 1 heterocycles. The molecular formula is C15H21ClN2O. The molecule has 2 rings (SSSR count). The minimum atomic E-state index is 0.175. The van der Waals surface area contributed by atoms with E-state index in [-0.39, 0.29) is 5.91 Å². The van der Waals surface area contributed by atoms with Gasteiger partial charge in [0.1, 0.15) is 0 Å². The number of benzene rings is 1. The molecule has 0 saturated carbocycles. The summed E-state index contributed by atoms with van der Waals surface area (Å²) >= 11 is 6.03. The van der Waals surface area contributed by atoms with Crippen molar-refractivity contribution in [1.82, 2.24) is 5.32 Å². The molecule has 0 saturated heterocycles. The molecular weight excluding hydrogens is 260 g/mol. The van der Waals surface area contributed by atoms with Crippen LogP contribution in [0.5, 0.6) is 0 Å². The third kappa shape index (κ3) is 3.48. The van der Waals surface area contributed by atoms with Crippen molar-refractivity contribution in [3.63, 3.8) is 0 Å². The molecule has 1 aromatic carbocycles. The van der Waals surface area contributed by atoms with Crippen LogP contribution in [0.3, 0.4) is 0 Å². The van der Waals surface area contributed by atoms with Crippen molar-refractivity contribution in [3.05, 3.63) is 28.8 Å². The second-order valence-corrected chi connectivity index (χ2v) is 6.06. The topological polar surface area (TPSA) is 32.3 Å². The van der Waals surface area contributed by atoms with Gasteiger partial charge in [-0.25, -0.2) is 0 Å². The number of nitrogens with zero attached hydrogens (tertiary/aromatic N) is 1. The summed E-state index contributed by atoms with van der Waals surface area (Å²) in [5, 5.41) is 4.09. The summed E-state index contributed by atoms with van der Waals surface area (Å²) < 4.78 is 0. The Labute approximate surface area is 119 Å². The maximum Gasteiger partial charge on any atom is 0.231 e. The van der Waals surface area contributed by atoms with Gasteiger partial charge in [0.2, 0.25) is 5.91 Å². The first-order valence-electron chi connectivity index (χ1n) is 6.79. The van der Waals surface area contributed by atoms with Crippen LogP contribution in [0.25, 0.3) is 0 Å². The predicted molar refractivity (Wildman–Crippen MR) is 79.8 cm³/mol. The molecule has 1 atom stereocenters. The first-order valence-corrected chi connectivity index (χ1v) is 7.17. The van der Waals surface area contributed by atoms with Gasteiger partial charge in [-0.15, -0.1) is 0 Å². The Morgan fingerprint density at radius 2 is 2.11 bits per heavy atom. The summed E-state index contributed by atoms with van der Waals surface area (Å²) in [4.78, 5) is 13.9. The minimum Gasteiger partial charge on any atom is -0.314 e. The second-order valence-electron chi connectivity index (χ2n) is 5.62. The third-order valence-electron chi connectivity index (χ3n) is 3.35. The SMILES string of the molecule is CC(CNC(C)C)CN1C(=O)Cc2ccc(Cl)cc21. The van der Waals surface area contributed by atoms with Crippen LogP contribution in [0.2, 0.25) is 5.02 Å². The summed E-state index contributed by atoms with van der Waals surface area (Å²) in [6.45, 7) is 8.07. The lowest BCUT2D eigenvalue weighted by Crippen LogP contribution is -2.37. The van der Waals surface area contributed by atoms with Gasteiger partial charge in [0.15, 0.2) is 0 Å². The molecule has 19 heavy (non-hydrogen) atoms. The van der Waals surface area contributed by atoms with E-state index in [2.05, 4.69) is 26.1 Å². The summed E-state index contributed by atoms with van der Waals surface area (Å²) in [7, 11) is 0. The summed E-state index contributed by atoms with van der Waals surface area (Å²) in [5.41, 5.74) is 2.06. The minimum absolute atomic E-state index is 0.175. The first kappa shape index (κ1) is 14.4. The van der Waals surface area contributed by atoms with Crippen LogP contribution in [0.15, 0.2) is 18.2 Å². The Hall–Kier alpha value is -1.06. The number of anilines is 1. The number of nitrogens with one attached hydrogen (secondary N) is 1. The van der Waals surface area contributed by atoms with E-state index in [9.17, 15) is 4.79 Å². The molecule has 0 spiro atoms. The molecule has 0 fully saturated rings. The Kier molecular flexibility index (Phi) is 4.48. The normalized spacial score (nSPS) is 16.1. The number of halogens is 1. The van der Waals surface area contributed by atoms with Crippen LogP contribution < -0.4 is 10.2 Å².